The highest BCUT2D eigenvalue weighted by molar-refractivity contribution is 5.76. The fourth-order valence-electron chi connectivity index (χ4n) is 3.23. The van der Waals surface area contributed by atoms with Crippen LogP contribution in [0.2, 0.25) is 0 Å². The number of aromatic nitrogens is 4. The van der Waals surface area contributed by atoms with Crippen LogP contribution in [-0.4, -0.2) is 47.2 Å². The first-order valence-electron chi connectivity index (χ1n) is 8.78. The quantitative estimate of drug-likeness (QED) is 0.692. The standard InChI is InChI=1S/C17H25N5O4/c1-9(2)12-5-13-16(25)21(20-15(10(3)23)22(13)19-12)8-14(24)18-11-6-17(4,26)7-11/h5,9-11,23,26H,6-8H2,1-4H3,(H,18,24)/t10?,11-,17+. The molecular formula is C17H25N5O4. The summed E-state index contributed by atoms with van der Waals surface area (Å²) in [5.74, 6) is -0.0465. The third-order valence-corrected chi connectivity index (χ3v) is 4.62. The van der Waals surface area contributed by atoms with E-state index in [9.17, 15) is 19.8 Å². The van der Waals surface area contributed by atoms with Crippen molar-refractivity contribution in [2.75, 3.05) is 0 Å². The number of carbonyl (C=O) groups excluding carboxylic acids is 1. The highest BCUT2D eigenvalue weighted by Gasteiger charge is 2.39. The molecule has 142 valence electrons. The maximum absolute atomic E-state index is 12.7. The monoisotopic (exact) mass is 363 g/mol. The Kier molecular flexibility index (Phi) is 4.61. The molecule has 1 unspecified atom stereocenters. The maximum Gasteiger partial charge on any atom is 0.293 e. The number of hydrogen-bond donors (Lipinski definition) is 3. The van der Waals surface area contributed by atoms with E-state index in [0.717, 1.165) is 4.68 Å². The Hall–Kier alpha value is -2.26. The summed E-state index contributed by atoms with van der Waals surface area (Å²) in [6.45, 7) is 6.91. The van der Waals surface area contributed by atoms with Crippen LogP contribution in [0, 0.1) is 0 Å². The van der Waals surface area contributed by atoms with Gasteiger partial charge in [-0.3, -0.25) is 9.59 Å². The second-order valence-electron chi connectivity index (χ2n) is 7.69. The third kappa shape index (κ3) is 3.49. The predicted octanol–water partition coefficient (Wildman–Crippen LogP) is 0.0973. The minimum absolute atomic E-state index is 0.101. The number of aliphatic hydroxyl groups is 2. The Bertz CT molecular complexity index is 888. The van der Waals surface area contributed by atoms with Gasteiger partial charge in [0.05, 0.1) is 11.3 Å². The van der Waals surface area contributed by atoms with Gasteiger partial charge in [-0.05, 0) is 38.7 Å². The first-order chi connectivity index (χ1) is 12.1. The lowest BCUT2D eigenvalue weighted by Crippen LogP contribution is -2.54. The second-order valence-corrected chi connectivity index (χ2v) is 7.69. The van der Waals surface area contributed by atoms with Crippen molar-refractivity contribution in [1.82, 2.24) is 24.7 Å². The van der Waals surface area contributed by atoms with Crippen LogP contribution >= 0.6 is 0 Å². The normalized spacial score (nSPS) is 23.9. The van der Waals surface area contributed by atoms with Crippen molar-refractivity contribution in [3.8, 4) is 0 Å². The summed E-state index contributed by atoms with van der Waals surface area (Å²) in [6.07, 6.45) is 0.0211. The Morgan fingerprint density at radius 1 is 1.38 bits per heavy atom. The number of hydrogen-bond acceptors (Lipinski definition) is 6. The van der Waals surface area contributed by atoms with Crippen LogP contribution in [0.5, 0.6) is 0 Å². The van der Waals surface area contributed by atoms with Crippen molar-refractivity contribution in [1.29, 1.82) is 0 Å². The van der Waals surface area contributed by atoms with Crippen LogP contribution in [0.4, 0.5) is 0 Å². The average Bonchev–Trinajstić information content (AvgIpc) is 2.93. The summed E-state index contributed by atoms with van der Waals surface area (Å²) in [4.78, 5) is 24.9. The number of carbonyl (C=O) groups is 1. The molecule has 2 aromatic rings. The van der Waals surface area contributed by atoms with Gasteiger partial charge < -0.3 is 15.5 Å². The average molecular weight is 363 g/mol. The van der Waals surface area contributed by atoms with Gasteiger partial charge in [0.15, 0.2) is 5.82 Å². The van der Waals surface area contributed by atoms with Gasteiger partial charge >= 0.3 is 0 Å². The van der Waals surface area contributed by atoms with Gasteiger partial charge in [-0.25, -0.2) is 9.20 Å². The van der Waals surface area contributed by atoms with Gasteiger partial charge in [0, 0.05) is 6.04 Å². The minimum atomic E-state index is -0.950. The van der Waals surface area contributed by atoms with Crippen LogP contribution in [0.25, 0.3) is 5.52 Å². The van der Waals surface area contributed by atoms with E-state index in [1.54, 1.807) is 13.0 Å². The Morgan fingerprint density at radius 3 is 2.58 bits per heavy atom. The molecule has 1 aliphatic rings. The van der Waals surface area contributed by atoms with Gasteiger partial charge in [-0.15, -0.1) is 0 Å². The van der Waals surface area contributed by atoms with Crippen molar-refractivity contribution >= 4 is 11.4 Å². The van der Waals surface area contributed by atoms with E-state index in [1.165, 1.54) is 11.4 Å². The molecule has 1 amide bonds. The smallest absolute Gasteiger partial charge is 0.293 e. The first-order valence-corrected chi connectivity index (χ1v) is 8.78. The Balaban J connectivity index is 1.89. The van der Waals surface area contributed by atoms with E-state index in [0.29, 0.717) is 18.5 Å². The zero-order chi connectivity index (χ0) is 19.2. The third-order valence-electron chi connectivity index (χ3n) is 4.62. The highest BCUT2D eigenvalue weighted by atomic mass is 16.3. The molecule has 0 saturated heterocycles. The lowest BCUT2D eigenvalue weighted by Gasteiger charge is -2.41. The number of nitrogens with one attached hydrogen (secondary N) is 1. The summed E-state index contributed by atoms with van der Waals surface area (Å²) >= 11 is 0. The number of rotatable bonds is 5. The maximum atomic E-state index is 12.7. The molecule has 3 N–H and O–H groups in total. The summed E-state index contributed by atoms with van der Waals surface area (Å²) in [7, 11) is 0. The molecule has 9 heteroatoms. The van der Waals surface area contributed by atoms with Crippen LogP contribution in [0.3, 0.4) is 0 Å². The van der Waals surface area contributed by atoms with Crippen LogP contribution < -0.4 is 10.9 Å². The van der Waals surface area contributed by atoms with Crippen molar-refractivity contribution in [3.05, 3.63) is 27.9 Å². The van der Waals surface area contributed by atoms with Gasteiger partial charge in [0.2, 0.25) is 5.91 Å². The van der Waals surface area contributed by atoms with Crippen molar-refractivity contribution in [3.63, 3.8) is 0 Å². The zero-order valence-corrected chi connectivity index (χ0v) is 15.4. The van der Waals surface area contributed by atoms with E-state index in [2.05, 4.69) is 15.5 Å². The van der Waals surface area contributed by atoms with Gasteiger partial charge in [0.25, 0.3) is 5.56 Å². The highest BCUT2D eigenvalue weighted by Crippen LogP contribution is 2.31. The topological polar surface area (TPSA) is 122 Å². The zero-order valence-electron chi connectivity index (χ0n) is 15.4. The van der Waals surface area contributed by atoms with E-state index < -0.39 is 17.3 Å². The largest absolute Gasteiger partial charge is 0.390 e. The number of fused-ring (bicyclic) bond motifs is 1. The molecule has 0 radical (unpaired) electrons. The number of aliphatic hydroxyl groups excluding tert-OH is 1. The molecule has 26 heavy (non-hydrogen) atoms. The van der Waals surface area contributed by atoms with Crippen LogP contribution in [0.1, 0.15) is 64.1 Å². The minimum Gasteiger partial charge on any atom is -0.390 e. The molecule has 0 bridgehead atoms. The molecule has 2 aromatic heterocycles. The van der Waals surface area contributed by atoms with Gasteiger partial charge in [-0.1, -0.05) is 13.8 Å². The Labute approximate surface area is 150 Å². The molecule has 0 aromatic carbocycles. The van der Waals surface area contributed by atoms with Crippen molar-refractivity contribution < 1.29 is 15.0 Å². The van der Waals surface area contributed by atoms with Crippen LogP contribution in [-0.2, 0) is 11.3 Å². The summed E-state index contributed by atoms with van der Waals surface area (Å²) < 4.78 is 2.40. The molecule has 2 heterocycles. The summed E-state index contributed by atoms with van der Waals surface area (Å²) in [5.41, 5.74) is -0.191. The van der Waals surface area contributed by atoms with E-state index in [4.69, 9.17) is 0 Å². The van der Waals surface area contributed by atoms with Crippen molar-refractivity contribution in [2.24, 2.45) is 0 Å². The van der Waals surface area contributed by atoms with Gasteiger partial charge in [0.1, 0.15) is 18.2 Å². The molecule has 9 nitrogen and oxygen atoms in total. The fraction of sp³-hybridized carbons (Fsp3) is 0.647. The van der Waals surface area contributed by atoms with Crippen LogP contribution in [0.15, 0.2) is 10.9 Å². The fourth-order valence-corrected chi connectivity index (χ4v) is 3.23. The van der Waals surface area contributed by atoms with Crippen molar-refractivity contribution in [2.45, 2.75) is 70.7 Å². The molecule has 0 aliphatic heterocycles. The summed E-state index contributed by atoms with van der Waals surface area (Å²) in [6, 6.07) is 1.56. The van der Waals surface area contributed by atoms with E-state index in [-0.39, 0.29) is 35.8 Å². The van der Waals surface area contributed by atoms with Gasteiger partial charge in [-0.2, -0.15) is 10.2 Å². The molecule has 0 spiro atoms. The molecule has 1 aliphatic carbocycles. The first kappa shape index (κ1) is 18.5. The predicted molar refractivity (Wildman–Crippen MR) is 93.8 cm³/mol. The Morgan fingerprint density at radius 2 is 2.04 bits per heavy atom. The van der Waals surface area contributed by atoms with E-state index in [1.807, 2.05) is 13.8 Å². The molecule has 3 rings (SSSR count). The number of nitrogens with zero attached hydrogens (tertiary/aromatic N) is 4. The van der Waals surface area contributed by atoms with E-state index >= 15 is 0 Å². The molecule has 1 saturated carbocycles. The molecule has 1 fully saturated rings. The second kappa shape index (κ2) is 6.48. The molecule has 1 atom stereocenters. The summed E-state index contributed by atoms with van der Waals surface area (Å²) in [5, 5.41) is 31.0. The lowest BCUT2D eigenvalue weighted by atomic mass is 9.77. The molecular weight excluding hydrogens is 338 g/mol. The lowest BCUT2D eigenvalue weighted by molar-refractivity contribution is -0.125. The number of amides is 1. The SMILES string of the molecule is CC(C)c1cc2c(=O)n(CC(=O)N[C@H]3C[C@@](C)(O)C3)nc(C(C)O)n2n1.